The van der Waals surface area contributed by atoms with Crippen LogP contribution in [0.5, 0.6) is 0 Å². The van der Waals surface area contributed by atoms with Gasteiger partial charge in [-0.1, -0.05) is 52.5 Å². The number of amides is 2. The number of halogens is 3. The molecule has 0 unspecified atom stereocenters. The first-order valence-electron chi connectivity index (χ1n) is 8.69. The van der Waals surface area contributed by atoms with Gasteiger partial charge in [-0.05, 0) is 61.9 Å². The molecule has 0 saturated heterocycles. The Kier molecular flexibility index (Phi) is 6.48. The normalized spacial score (nSPS) is 10.5. The van der Waals surface area contributed by atoms with Gasteiger partial charge in [0, 0.05) is 15.7 Å². The average Bonchev–Trinajstić information content (AvgIpc) is 2.65. The van der Waals surface area contributed by atoms with Crippen molar-refractivity contribution in [3.8, 4) is 0 Å². The minimum atomic E-state index is -0.463. The molecule has 3 rings (SSSR count). The first kappa shape index (κ1) is 21.2. The zero-order valence-electron chi connectivity index (χ0n) is 15.6. The van der Waals surface area contributed by atoms with Crippen LogP contribution in [0.2, 0.25) is 15.1 Å². The Bertz CT molecular complexity index is 1110. The van der Waals surface area contributed by atoms with E-state index >= 15 is 0 Å². The summed E-state index contributed by atoms with van der Waals surface area (Å²) >= 11 is 18.1. The van der Waals surface area contributed by atoms with Gasteiger partial charge in [-0.25, -0.2) is 0 Å². The lowest BCUT2D eigenvalue weighted by Gasteiger charge is -2.14. The number of nitrogens with one attached hydrogen (secondary N) is 2. The fourth-order valence-electron chi connectivity index (χ4n) is 2.82. The molecule has 148 valence electrons. The highest BCUT2D eigenvalue weighted by Crippen LogP contribution is 2.26. The quantitative estimate of drug-likeness (QED) is 0.464. The van der Waals surface area contributed by atoms with Gasteiger partial charge in [0.25, 0.3) is 11.8 Å². The van der Waals surface area contributed by atoms with Crippen molar-refractivity contribution < 1.29 is 9.59 Å². The number of rotatable bonds is 4. The summed E-state index contributed by atoms with van der Waals surface area (Å²) in [7, 11) is 0. The Hall–Kier alpha value is -2.53. The maximum absolute atomic E-state index is 12.9. The molecule has 4 nitrogen and oxygen atoms in total. The highest BCUT2D eigenvalue weighted by Gasteiger charge is 2.17. The van der Waals surface area contributed by atoms with Crippen molar-refractivity contribution >= 4 is 58.0 Å². The van der Waals surface area contributed by atoms with Crippen LogP contribution in [0.3, 0.4) is 0 Å². The van der Waals surface area contributed by atoms with Gasteiger partial charge < -0.3 is 10.6 Å². The van der Waals surface area contributed by atoms with Crippen LogP contribution < -0.4 is 10.6 Å². The van der Waals surface area contributed by atoms with Gasteiger partial charge in [-0.2, -0.15) is 0 Å². The predicted octanol–water partition coefficient (Wildman–Crippen LogP) is 6.77. The van der Waals surface area contributed by atoms with Crippen molar-refractivity contribution in [2.24, 2.45) is 0 Å². The summed E-state index contributed by atoms with van der Waals surface area (Å²) in [4.78, 5) is 25.5. The van der Waals surface area contributed by atoms with Crippen LogP contribution in [-0.4, -0.2) is 11.8 Å². The minimum absolute atomic E-state index is 0.213. The molecule has 0 aliphatic heterocycles. The Morgan fingerprint density at radius 3 is 1.97 bits per heavy atom. The molecule has 0 aliphatic carbocycles. The monoisotopic (exact) mass is 446 g/mol. The SMILES string of the molecule is Cc1ccc(NC(=O)c2cc(Cl)ccc2NC(=O)c2ccc(Cl)cc2Cl)c(C)c1. The number of hydrogen-bond donors (Lipinski definition) is 2. The zero-order valence-corrected chi connectivity index (χ0v) is 17.9. The average molecular weight is 448 g/mol. The van der Waals surface area contributed by atoms with Crippen LogP contribution in [-0.2, 0) is 0 Å². The fraction of sp³-hybridized carbons (Fsp3) is 0.0909. The van der Waals surface area contributed by atoms with Gasteiger partial charge in [0.05, 0.1) is 21.8 Å². The second-order valence-corrected chi connectivity index (χ2v) is 7.82. The zero-order chi connectivity index (χ0) is 21.1. The molecule has 0 aliphatic rings. The summed E-state index contributed by atoms with van der Waals surface area (Å²) in [6, 6.07) is 14.9. The van der Waals surface area contributed by atoms with Gasteiger partial charge >= 0.3 is 0 Å². The molecule has 29 heavy (non-hydrogen) atoms. The van der Waals surface area contributed by atoms with Crippen molar-refractivity contribution in [1.82, 2.24) is 0 Å². The largest absolute Gasteiger partial charge is 0.322 e. The molecule has 0 heterocycles. The molecular formula is C22H17Cl3N2O2. The highest BCUT2D eigenvalue weighted by atomic mass is 35.5. The number of aryl methyl sites for hydroxylation is 2. The number of carbonyl (C=O) groups excluding carboxylic acids is 2. The third-order valence-electron chi connectivity index (χ3n) is 4.28. The van der Waals surface area contributed by atoms with Crippen LogP contribution in [0.15, 0.2) is 54.6 Å². The molecule has 2 amide bonds. The van der Waals surface area contributed by atoms with E-state index < -0.39 is 11.8 Å². The highest BCUT2D eigenvalue weighted by molar-refractivity contribution is 6.37. The Labute approximate surface area is 183 Å². The van der Waals surface area contributed by atoms with E-state index in [-0.39, 0.29) is 16.1 Å². The summed E-state index contributed by atoms with van der Waals surface area (Å²) in [6.07, 6.45) is 0. The summed E-state index contributed by atoms with van der Waals surface area (Å²) in [5.41, 5.74) is 3.49. The van der Waals surface area contributed by atoms with Gasteiger partial charge in [-0.3, -0.25) is 9.59 Å². The van der Waals surface area contributed by atoms with Gasteiger partial charge in [0.15, 0.2) is 0 Å². The first-order chi connectivity index (χ1) is 13.7. The molecule has 2 N–H and O–H groups in total. The summed E-state index contributed by atoms with van der Waals surface area (Å²) < 4.78 is 0. The Morgan fingerprint density at radius 2 is 1.28 bits per heavy atom. The van der Waals surface area contributed by atoms with E-state index in [9.17, 15) is 9.59 Å². The van der Waals surface area contributed by atoms with Gasteiger partial charge in [0.1, 0.15) is 0 Å². The maximum atomic E-state index is 12.9. The number of hydrogen-bond acceptors (Lipinski definition) is 2. The molecule has 3 aromatic rings. The molecule has 0 spiro atoms. The molecule has 0 saturated carbocycles. The molecular weight excluding hydrogens is 431 g/mol. The lowest BCUT2D eigenvalue weighted by molar-refractivity contribution is 0.102. The fourth-order valence-corrected chi connectivity index (χ4v) is 3.49. The van der Waals surface area contributed by atoms with E-state index in [0.29, 0.717) is 21.4 Å². The van der Waals surface area contributed by atoms with Crippen molar-refractivity contribution in [1.29, 1.82) is 0 Å². The molecule has 0 atom stereocenters. The van der Waals surface area contributed by atoms with Crippen LogP contribution in [0.4, 0.5) is 11.4 Å². The van der Waals surface area contributed by atoms with E-state index in [1.54, 1.807) is 18.2 Å². The van der Waals surface area contributed by atoms with Crippen molar-refractivity contribution in [2.45, 2.75) is 13.8 Å². The Morgan fingerprint density at radius 1 is 0.690 bits per heavy atom. The maximum Gasteiger partial charge on any atom is 0.257 e. The van der Waals surface area contributed by atoms with Gasteiger partial charge in [-0.15, -0.1) is 0 Å². The van der Waals surface area contributed by atoms with Crippen molar-refractivity contribution in [3.05, 3.63) is 91.9 Å². The topological polar surface area (TPSA) is 58.2 Å². The second kappa shape index (κ2) is 8.87. The second-order valence-electron chi connectivity index (χ2n) is 6.54. The van der Waals surface area contributed by atoms with E-state index in [1.807, 2.05) is 32.0 Å². The third-order valence-corrected chi connectivity index (χ3v) is 5.06. The lowest BCUT2D eigenvalue weighted by atomic mass is 10.1. The van der Waals surface area contributed by atoms with Crippen LogP contribution >= 0.6 is 34.8 Å². The van der Waals surface area contributed by atoms with Gasteiger partial charge in [0.2, 0.25) is 0 Å². The number of carbonyl (C=O) groups is 2. The Balaban J connectivity index is 1.89. The summed E-state index contributed by atoms with van der Waals surface area (Å²) in [6.45, 7) is 3.89. The van der Waals surface area contributed by atoms with E-state index in [2.05, 4.69) is 10.6 Å². The van der Waals surface area contributed by atoms with Crippen LogP contribution in [0.25, 0.3) is 0 Å². The molecule has 0 fully saturated rings. The molecule has 0 bridgehead atoms. The van der Waals surface area contributed by atoms with E-state index in [4.69, 9.17) is 34.8 Å². The predicted molar refractivity (Wildman–Crippen MR) is 120 cm³/mol. The third kappa shape index (κ3) is 5.10. The van der Waals surface area contributed by atoms with Crippen molar-refractivity contribution in [3.63, 3.8) is 0 Å². The molecule has 7 heteroatoms. The van der Waals surface area contributed by atoms with E-state index in [1.165, 1.54) is 18.2 Å². The van der Waals surface area contributed by atoms with Crippen LogP contribution in [0.1, 0.15) is 31.8 Å². The molecule has 0 radical (unpaired) electrons. The number of benzene rings is 3. The lowest BCUT2D eigenvalue weighted by Crippen LogP contribution is -2.19. The summed E-state index contributed by atoms with van der Waals surface area (Å²) in [5.74, 6) is -0.855. The standard InChI is InChI=1S/C22H17Cl3N2O2/c1-12-3-7-19(13(2)9-12)26-22(29)17-10-14(23)5-8-20(17)27-21(28)16-6-4-15(24)11-18(16)25/h3-11H,1-2H3,(H,26,29)(H,27,28). The van der Waals surface area contributed by atoms with E-state index in [0.717, 1.165) is 11.1 Å². The first-order valence-corrected chi connectivity index (χ1v) is 9.82. The van der Waals surface area contributed by atoms with Crippen molar-refractivity contribution in [2.75, 3.05) is 10.6 Å². The number of anilines is 2. The minimum Gasteiger partial charge on any atom is -0.322 e. The summed E-state index contributed by atoms with van der Waals surface area (Å²) in [5, 5.41) is 6.59. The molecule has 3 aromatic carbocycles. The molecule has 0 aromatic heterocycles. The smallest absolute Gasteiger partial charge is 0.257 e. The van der Waals surface area contributed by atoms with Crippen LogP contribution in [0, 0.1) is 13.8 Å².